The molecule has 0 atom stereocenters. The average molecular weight is 325 g/mol. The van der Waals surface area contributed by atoms with E-state index in [2.05, 4.69) is 9.71 Å². The summed E-state index contributed by atoms with van der Waals surface area (Å²) in [5.74, 6) is -2.19. The molecule has 1 aromatic heterocycles. The average Bonchev–Trinajstić information content (AvgIpc) is 2.36. The highest BCUT2D eigenvalue weighted by Gasteiger charge is 2.17. The highest BCUT2D eigenvalue weighted by atomic mass is 32.2. The first-order valence-electron chi connectivity index (χ1n) is 5.95. The second-order valence-electron chi connectivity index (χ2n) is 4.52. The Hall–Kier alpha value is -2.68. The second kappa shape index (κ2) is 5.60. The molecule has 1 aromatic carbocycles. The quantitative estimate of drug-likeness (QED) is 0.783. The maximum absolute atomic E-state index is 14.0. The van der Waals surface area contributed by atoms with Gasteiger partial charge in [0.2, 0.25) is 10.0 Å². The molecule has 0 spiro atoms. The first kappa shape index (κ1) is 15.7. The van der Waals surface area contributed by atoms with Gasteiger partial charge in [0.05, 0.1) is 11.9 Å². The fourth-order valence-electron chi connectivity index (χ4n) is 1.82. The highest BCUT2D eigenvalue weighted by Crippen LogP contribution is 2.26. The van der Waals surface area contributed by atoms with Gasteiger partial charge in [-0.1, -0.05) is 12.1 Å². The number of hydrogen-bond donors (Lipinski definition) is 3. The van der Waals surface area contributed by atoms with E-state index in [1.54, 1.807) is 0 Å². The van der Waals surface area contributed by atoms with Crippen LogP contribution in [-0.2, 0) is 10.0 Å². The first-order valence-corrected chi connectivity index (χ1v) is 7.84. The van der Waals surface area contributed by atoms with Crippen molar-refractivity contribution in [2.75, 3.05) is 16.7 Å². The van der Waals surface area contributed by atoms with Crippen molar-refractivity contribution >= 4 is 27.4 Å². The summed E-state index contributed by atoms with van der Waals surface area (Å²) in [4.78, 5) is 14.7. The molecule has 4 N–H and O–H groups in total. The van der Waals surface area contributed by atoms with Crippen LogP contribution in [0, 0.1) is 5.82 Å². The van der Waals surface area contributed by atoms with Crippen LogP contribution in [0.4, 0.5) is 15.8 Å². The van der Waals surface area contributed by atoms with Crippen LogP contribution in [0.1, 0.15) is 10.5 Å². The summed E-state index contributed by atoms with van der Waals surface area (Å²) < 4.78 is 38.6. The minimum absolute atomic E-state index is 0.204. The number of sulfonamides is 1. The van der Waals surface area contributed by atoms with E-state index in [-0.39, 0.29) is 22.6 Å². The number of carboxylic acid groups (broad SMARTS) is 1. The molecule has 0 bridgehead atoms. The Morgan fingerprint density at radius 2 is 2.05 bits per heavy atom. The van der Waals surface area contributed by atoms with Gasteiger partial charge in [-0.15, -0.1) is 0 Å². The summed E-state index contributed by atoms with van der Waals surface area (Å²) in [5, 5.41) is 8.98. The normalized spacial score (nSPS) is 11.2. The van der Waals surface area contributed by atoms with Crippen molar-refractivity contribution in [3.8, 4) is 11.3 Å². The number of rotatable bonds is 4. The maximum atomic E-state index is 14.0. The lowest BCUT2D eigenvalue weighted by molar-refractivity contribution is 0.0692. The number of halogens is 1. The lowest BCUT2D eigenvalue weighted by Crippen LogP contribution is -2.10. The number of nitrogens with one attached hydrogen (secondary N) is 1. The summed E-state index contributed by atoms with van der Waals surface area (Å²) in [5.41, 5.74) is 4.83. The standard InChI is InChI=1S/C13H12FN3O4S/c1-22(20,21)17-8-4-2-3-7(5-8)11-9(14)6-10(15)12(16-11)13(18)19/h2-6,17H,15H2,1H3,(H,18,19). The van der Waals surface area contributed by atoms with Crippen LogP contribution in [0.3, 0.4) is 0 Å². The van der Waals surface area contributed by atoms with Crippen molar-refractivity contribution in [2.24, 2.45) is 0 Å². The molecule has 0 aliphatic rings. The third kappa shape index (κ3) is 3.50. The first-order chi connectivity index (χ1) is 10.2. The zero-order valence-corrected chi connectivity index (χ0v) is 12.2. The number of nitrogens with two attached hydrogens (primary N) is 1. The van der Waals surface area contributed by atoms with Gasteiger partial charge >= 0.3 is 5.97 Å². The smallest absolute Gasteiger partial charge is 0.356 e. The van der Waals surface area contributed by atoms with Crippen molar-refractivity contribution in [1.29, 1.82) is 0 Å². The molecule has 0 unspecified atom stereocenters. The number of nitrogen functional groups attached to an aromatic ring is 1. The number of benzene rings is 1. The van der Waals surface area contributed by atoms with Crippen molar-refractivity contribution in [3.63, 3.8) is 0 Å². The number of carboxylic acids is 1. The zero-order chi connectivity index (χ0) is 16.5. The van der Waals surface area contributed by atoms with Gasteiger partial charge in [0.25, 0.3) is 0 Å². The second-order valence-corrected chi connectivity index (χ2v) is 6.27. The molecule has 2 rings (SSSR count). The number of aromatic nitrogens is 1. The molecule has 0 fully saturated rings. The summed E-state index contributed by atoms with van der Waals surface area (Å²) in [6.07, 6.45) is 0.976. The SMILES string of the molecule is CS(=O)(=O)Nc1cccc(-c2nc(C(=O)O)c(N)cc2F)c1. The Kier molecular flexibility index (Phi) is 4.00. The molecule has 0 saturated heterocycles. The molecule has 0 radical (unpaired) electrons. The third-order valence-corrected chi connectivity index (χ3v) is 3.25. The topological polar surface area (TPSA) is 122 Å². The van der Waals surface area contributed by atoms with Crippen molar-refractivity contribution in [3.05, 3.63) is 41.8 Å². The van der Waals surface area contributed by atoms with Gasteiger partial charge in [-0.3, -0.25) is 4.72 Å². The van der Waals surface area contributed by atoms with E-state index in [0.717, 1.165) is 12.3 Å². The summed E-state index contributed by atoms with van der Waals surface area (Å²) in [6.45, 7) is 0. The van der Waals surface area contributed by atoms with Crippen LogP contribution in [0.2, 0.25) is 0 Å². The number of anilines is 2. The number of carbonyl (C=O) groups is 1. The molecule has 116 valence electrons. The molecule has 0 aliphatic heterocycles. The zero-order valence-electron chi connectivity index (χ0n) is 11.4. The molecule has 9 heteroatoms. The number of aromatic carboxylic acids is 1. The Balaban J connectivity index is 2.55. The Bertz CT molecular complexity index is 852. The largest absolute Gasteiger partial charge is 0.476 e. The molecule has 2 aromatic rings. The van der Waals surface area contributed by atoms with Gasteiger partial charge in [-0.25, -0.2) is 22.6 Å². The van der Waals surface area contributed by atoms with Crippen molar-refractivity contribution in [2.45, 2.75) is 0 Å². The maximum Gasteiger partial charge on any atom is 0.356 e. The number of pyridine rings is 1. The van der Waals surface area contributed by atoms with Crippen molar-refractivity contribution < 1.29 is 22.7 Å². The van der Waals surface area contributed by atoms with E-state index in [4.69, 9.17) is 10.8 Å². The Morgan fingerprint density at radius 3 is 2.64 bits per heavy atom. The van der Waals surface area contributed by atoms with Gasteiger partial charge in [-0.2, -0.15) is 0 Å². The minimum Gasteiger partial charge on any atom is -0.476 e. The number of hydrogen-bond acceptors (Lipinski definition) is 5. The summed E-state index contributed by atoms with van der Waals surface area (Å²) in [7, 11) is -3.49. The predicted octanol–water partition coefficient (Wildman–Crippen LogP) is 1.54. The fourth-order valence-corrected chi connectivity index (χ4v) is 2.38. The lowest BCUT2D eigenvalue weighted by Gasteiger charge is -2.09. The minimum atomic E-state index is -3.49. The van der Waals surface area contributed by atoms with Gasteiger partial charge in [0.15, 0.2) is 11.5 Å². The van der Waals surface area contributed by atoms with Gasteiger partial charge in [-0.05, 0) is 12.1 Å². The van der Waals surface area contributed by atoms with E-state index in [1.165, 1.54) is 24.3 Å². The van der Waals surface area contributed by atoms with Crippen LogP contribution in [0.5, 0.6) is 0 Å². The van der Waals surface area contributed by atoms with Gasteiger partial charge in [0, 0.05) is 17.3 Å². The molecule has 0 saturated carbocycles. The molecule has 0 amide bonds. The molecule has 7 nitrogen and oxygen atoms in total. The van der Waals surface area contributed by atoms with E-state index in [9.17, 15) is 17.6 Å². The molecule has 22 heavy (non-hydrogen) atoms. The van der Waals surface area contributed by atoms with E-state index >= 15 is 0 Å². The lowest BCUT2D eigenvalue weighted by atomic mass is 10.1. The molecular weight excluding hydrogens is 313 g/mol. The molecule has 0 aliphatic carbocycles. The van der Waals surface area contributed by atoms with Crippen molar-refractivity contribution in [1.82, 2.24) is 4.98 Å². The number of nitrogens with zero attached hydrogens (tertiary/aromatic N) is 1. The third-order valence-electron chi connectivity index (χ3n) is 2.65. The van der Waals surface area contributed by atoms with Gasteiger partial charge in [0.1, 0.15) is 5.69 Å². The van der Waals surface area contributed by atoms with Crippen LogP contribution in [0.25, 0.3) is 11.3 Å². The summed E-state index contributed by atoms with van der Waals surface area (Å²) in [6, 6.07) is 6.63. The monoisotopic (exact) mass is 325 g/mol. The highest BCUT2D eigenvalue weighted by molar-refractivity contribution is 7.92. The van der Waals surface area contributed by atoms with E-state index in [0.29, 0.717) is 0 Å². The Labute approximate surface area is 125 Å². The van der Waals surface area contributed by atoms with E-state index in [1.807, 2.05) is 0 Å². The fraction of sp³-hybridized carbons (Fsp3) is 0.0769. The van der Waals surface area contributed by atoms with Gasteiger partial charge < -0.3 is 10.8 Å². The van der Waals surface area contributed by atoms with Crippen LogP contribution >= 0.6 is 0 Å². The van der Waals surface area contributed by atoms with Crippen LogP contribution < -0.4 is 10.5 Å². The molecule has 1 heterocycles. The van der Waals surface area contributed by atoms with Crippen LogP contribution in [0.15, 0.2) is 30.3 Å². The molecular formula is C13H12FN3O4S. The van der Waals surface area contributed by atoms with Crippen LogP contribution in [-0.4, -0.2) is 30.7 Å². The Morgan fingerprint density at radius 1 is 1.36 bits per heavy atom. The predicted molar refractivity (Wildman–Crippen MR) is 79.5 cm³/mol. The summed E-state index contributed by atoms with van der Waals surface area (Å²) >= 11 is 0. The van der Waals surface area contributed by atoms with E-state index < -0.39 is 27.5 Å².